The van der Waals surface area contributed by atoms with Gasteiger partial charge in [0, 0.05) is 23.7 Å². The van der Waals surface area contributed by atoms with Gasteiger partial charge in [0.2, 0.25) is 0 Å². The Morgan fingerprint density at radius 1 is 1.67 bits per heavy atom. The topological polar surface area (TPSA) is 20.3 Å². The predicted octanol–water partition coefficient (Wildman–Crippen LogP) is 3.19. The number of hydrogen-bond donors (Lipinski definition) is 0. The molecule has 0 radical (unpaired) electrons. The fourth-order valence-corrected chi connectivity index (χ4v) is 3.11. The number of hydrogen-bond acceptors (Lipinski definition) is 3. The van der Waals surface area contributed by atoms with Crippen LogP contribution in [0.25, 0.3) is 0 Å². The van der Waals surface area contributed by atoms with Crippen molar-refractivity contribution < 1.29 is 4.79 Å². The van der Waals surface area contributed by atoms with Crippen LogP contribution in [0.5, 0.6) is 0 Å². The van der Waals surface area contributed by atoms with Gasteiger partial charge in [-0.1, -0.05) is 13.8 Å². The Morgan fingerprint density at radius 2 is 2.47 bits per heavy atom. The van der Waals surface area contributed by atoms with Crippen molar-refractivity contribution in [2.75, 3.05) is 11.4 Å². The van der Waals surface area contributed by atoms with Crippen LogP contribution < -0.4 is 4.90 Å². The van der Waals surface area contributed by atoms with Crippen molar-refractivity contribution in [2.45, 2.75) is 32.7 Å². The highest BCUT2D eigenvalue weighted by Gasteiger charge is 2.28. The van der Waals surface area contributed by atoms with Gasteiger partial charge in [0.05, 0.1) is 4.88 Å². The highest BCUT2D eigenvalue weighted by atomic mass is 32.1. The first-order chi connectivity index (χ1) is 7.24. The first-order valence-electron chi connectivity index (χ1n) is 5.55. The van der Waals surface area contributed by atoms with Crippen molar-refractivity contribution in [2.24, 2.45) is 5.92 Å². The lowest BCUT2D eigenvalue weighted by Gasteiger charge is -2.24. The van der Waals surface area contributed by atoms with E-state index in [-0.39, 0.29) is 0 Å². The third-order valence-corrected chi connectivity index (χ3v) is 3.99. The molecule has 2 rings (SSSR count). The largest absolute Gasteiger partial charge is 0.368 e. The lowest BCUT2D eigenvalue weighted by molar-refractivity contribution is 0.112. The van der Waals surface area contributed by atoms with Crippen LogP contribution in [0.3, 0.4) is 0 Å². The first kappa shape index (κ1) is 10.7. The summed E-state index contributed by atoms with van der Waals surface area (Å²) in [7, 11) is 0. The molecule has 82 valence electrons. The van der Waals surface area contributed by atoms with Gasteiger partial charge in [-0.2, -0.15) is 0 Å². The van der Waals surface area contributed by atoms with Crippen LogP contribution >= 0.6 is 11.3 Å². The summed E-state index contributed by atoms with van der Waals surface area (Å²) < 4.78 is 0. The van der Waals surface area contributed by atoms with Gasteiger partial charge in [0.1, 0.15) is 0 Å². The molecule has 2 heterocycles. The van der Waals surface area contributed by atoms with Gasteiger partial charge in [-0.3, -0.25) is 4.79 Å². The van der Waals surface area contributed by atoms with Crippen LogP contribution in [0.4, 0.5) is 5.69 Å². The molecule has 0 N–H and O–H groups in total. The molecule has 0 aromatic carbocycles. The van der Waals surface area contributed by atoms with Crippen LogP contribution in [0.15, 0.2) is 11.4 Å². The van der Waals surface area contributed by atoms with Gasteiger partial charge in [0.25, 0.3) is 0 Å². The minimum atomic E-state index is 0.661. The normalized spacial score (nSPS) is 25.9. The Balaban J connectivity index is 2.18. The summed E-state index contributed by atoms with van der Waals surface area (Å²) in [6, 6.07) is 2.67. The third-order valence-electron chi connectivity index (χ3n) is 3.15. The summed E-state index contributed by atoms with van der Waals surface area (Å²) in [4.78, 5) is 13.9. The lowest BCUT2D eigenvalue weighted by Crippen LogP contribution is -2.28. The standard InChI is InChI=1S/C12H17NOS/c1-3-10-4-9(2)6-13(10)11-5-12(7-14)15-8-11/h5,7-10H,3-4,6H2,1-2H3. The average molecular weight is 223 g/mol. The number of nitrogens with zero attached hydrogens (tertiary/aromatic N) is 1. The van der Waals surface area contributed by atoms with Crippen molar-refractivity contribution >= 4 is 23.3 Å². The fourth-order valence-electron chi connectivity index (χ4n) is 2.41. The van der Waals surface area contributed by atoms with E-state index in [1.807, 2.05) is 6.07 Å². The molecule has 3 heteroatoms. The van der Waals surface area contributed by atoms with E-state index >= 15 is 0 Å². The third kappa shape index (κ3) is 2.07. The number of anilines is 1. The smallest absolute Gasteiger partial charge is 0.160 e. The van der Waals surface area contributed by atoms with Crippen molar-refractivity contribution in [3.8, 4) is 0 Å². The Labute approximate surface area is 94.9 Å². The SMILES string of the molecule is CCC1CC(C)CN1c1csc(C=O)c1. The Kier molecular flexibility index (Phi) is 3.10. The molecule has 1 aliphatic heterocycles. The van der Waals surface area contributed by atoms with E-state index in [2.05, 4.69) is 24.1 Å². The number of carbonyl (C=O) groups is 1. The summed E-state index contributed by atoms with van der Waals surface area (Å²) in [5, 5.41) is 2.10. The van der Waals surface area contributed by atoms with E-state index in [9.17, 15) is 4.79 Å². The quantitative estimate of drug-likeness (QED) is 0.733. The van der Waals surface area contributed by atoms with E-state index in [0.29, 0.717) is 6.04 Å². The Hall–Kier alpha value is -0.830. The summed E-state index contributed by atoms with van der Waals surface area (Å²) in [6.07, 6.45) is 3.41. The van der Waals surface area contributed by atoms with Crippen LogP contribution in [0.1, 0.15) is 36.4 Å². The average Bonchev–Trinajstić information content (AvgIpc) is 2.82. The van der Waals surface area contributed by atoms with Crippen molar-refractivity contribution in [1.82, 2.24) is 0 Å². The molecule has 15 heavy (non-hydrogen) atoms. The van der Waals surface area contributed by atoms with Crippen molar-refractivity contribution in [3.63, 3.8) is 0 Å². The second-order valence-corrected chi connectivity index (χ2v) is 5.32. The molecule has 0 bridgehead atoms. The highest BCUT2D eigenvalue weighted by molar-refractivity contribution is 7.12. The van der Waals surface area contributed by atoms with Gasteiger partial charge >= 0.3 is 0 Å². The van der Waals surface area contributed by atoms with E-state index in [0.717, 1.165) is 23.6 Å². The molecule has 2 atom stereocenters. The second kappa shape index (κ2) is 4.35. The maximum absolute atomic E-state index is 10.6. The monoisotopic (exact) mass is 223 g/mol. The molecule has 1 aromatic heterocycles. The summed E-state index contributed by atoms with van der Waals surface area (Å²) in [5.74, 6) is 0.773. The number of aldehydes is 1. The van der Waals surface area contributed by atoms with Gasteiger partial charge in [-0.15, -0.1) is 11.3 Å². The number of thiophene rings is 1. The molecular formula is C12H17NOS. The Bertz CT molecular complexity index is 347. The zero-order valence-corrected chi connectivity index (χ0v) is 10.1. The van der Waals surface area contributed by atoms with E-state index in [4.69, 9.17) is 0 Å². The molecule has 0 amide bonds. The minimum Gasteiger partial charge on any atom is -0.368 e. The molecule has 0 aliphatic carbocycles. The van der Waals surface area contributed by atoms with Crippen LogP contribution in [-0.4, -0.2) is 18.9 Å². The second-order valence-electron chi connectivity index (χ2n) is 4.38. The molecular weight excluding hydrogens is 206 g/mol. The van der Waals surface area contributed by atoms with E-state index in [1.54, 1.807) is 11.3 Å². The lowest BCUT2D eigenvalue weighted by atomic mass is 10.1. The van der Waals surface area contributed by atoms with E-state index < -0.39 is 0 Å². The maximum atomic E-state index is 10.6. The van der Waals surface area contributed by atoms with E-state index in [1.165, 1.54) is 18.5 Å². The number of carbonyl (C=O) groups excluding carboxylic acids is 1. The molecule has 1 saturated heterocycles. The first-order valence-corrected chi connectivity index (χ1v) is 6.43. The molecule has 0 saturated carbocycles. The van der Waals surface area contributed by atoms with Gasteiger partial charge < -0.3 is 4.90 Å². The zero-order valence-electron chi connectivity index (χ0n) is 9.27. The predicted molar refractivity (Wildman–Crippen MR) is 64.9 cm³/mol. The van der Waals surface area contributed by atoms with Crippen LogP contribution in [-0.2, 0) is 0 Å². The molecule has 1 fully saturated rings. The molecule has 1 aliphatic rings. The minimum absolute atomic E-state index is 0.661. The zero-order chi connectivity index (χ0) is 10.8. The molecule has 2 nitrogen and oxygen atoms in total. The summed E-state index contributed by atoms with van der Waals surface area (Å²) in [6.45, 7) is 5.67. The van der Waals surface area contributed by atoms with Gasteiger partial charge in [-0.05, 0) is 24.8 Å². The molecule has 2 unspecified atom stereocenters. The molecule has 1 aromatic rings. The van der Waals surface area contributed by atoms with Gasteiger partial charge in [-0.25, -0.2) is 0 Å². The highest BCUT2D eigenvalue weighted by Crippen LogP contribution is 2.32. The maximum Gasteiger partial charge on any atom is 0.160 e. The van der Waals surface area contributed by atoms with Crippen LogP contribution in [0.2, 0.25) is 0 Å². The fraction of sp³-hybridized carbons (Fsp3) is 0.583. The van der Waals surface area contributed by atoms with Crippen LogP contribution in [0, 0.1) is 5.92 Å². The Morgan fingerprint density at radius 3 is 3.07 bits per heavy atom. The molecule has 0 spiro atoms. The summed E-state index contributed by atoms with van der Waals surface area (Å²) >= 11 is 1.54. The van der Waals surface area contributed by atoms with Gasteiger partial charge in [0.15, 0.2) is 6.29 Å². The van der Waals surface area contributed by atoms with Crippen molar-refractivity contribution in [3.05, 3.63) is 16.3 Å². The summed E-state index contributed by atoms with van der Waals surface area (Å²) in [5.41, 5.74) is 1.23. The number of rotatable bonds is 3. The van der Waals surface area contributed by atoms with Crippen molar-refractivity contribution in [1.29, 1.82) is 0 Å².